The van der Waals surface area contributed by atoms with E-state index in [0.29, 0.717) is 5.69 Å². The number of pyridine rings is 2. The Balaban J connectivity index is 1.89. The van der Waals surface area contributed by atoms with E-state index in [1.807, 2.05) is 0 Å². The smallest absolute Gasteiger partial charge is 0.277 e. The fraction of sp³-hybridized carbons (Fsp3) is 0.0556. The van der Waals surface area contributed by atoms with Crippen molar-refractivity contribution in [2.75, 3.05) is 10.6 Å². The van der Waals surface area contributed by atoms with E-state index >= 15 is 0 Å². The van der Waals surface area contributed by atoms with E-state index < -0.39 is 23.4 Å². The Morgan fingerprint density at radius 2 is 1.69 bits per heavy atom. The molecule has 1 aromatic carbocycles. The average Bonchev–Trinajstić information content (AvgIpc) is 2.57. The van der Waals surface area contributed by atoms with Gasteiger partial charge in [-0.15, -0.1) is 0 Å². The second-order valence-electron chi connectivity index (χ2n) is 5.45. The summed E-state index contributed by atoms with van der Waals surface area (Å²) in [6, 6.07) is 8.59. The SMILES string of the molecule is Cc1ccc(Nc2cc(F)cc(F)c2)c(C(=O)Nc2ccc(F)cn2)n1. The van der Waals surface area contributed by atoms with Gasteiger partial charge in [0.05, 0.1) is 11.9 Å². The largest absolute Gasteiger partial charge is 0.353 e. The van der Waals surface area contributed by atoms with E-state index in [-0.39, 0.29) is 22.9 Å². The van der Waals surface area contributed by atoms with Crippen LogP contribution in [0, 0.1) is 24.4 Å². The molecule has 0 aliphatic heterocycles. The lowest BCUT2D eigenvalue weighted by atomic mass is 10.2. The van der Waals surface area contributed by atoms with Gasteiger partial charge in [0.25, 0.3) is 5.91 Å². The molecule has 2 aromatic heterocycles. The molecule has 0 unspecified atom stereocenters. The summed E-state index contributed by atoms with van der Waals surface area (Å²) in [6.07, 6.45) is 0.966. The highest BCUT2D eigenvalue weighted by Gasteiger charge is 2.15. The molecule has 0 atom stereocenters. The fourth-order valence-electron chi connectivity index (χ4n) is 2.24. The fourth-order valence-corrected chi connectivity index (χ4v) is 2.24. The number of nitrogens with zero attached hydrogens (tertiary/aromatic N) is 2. The zero-order chi connectivity index (χ0) is 18.7. The summed E-state index contributed by atoms with van der Waals surface area (Å²) in [5.74, 6) is -2.51. The summed E-state index contributed by atoms with van der Waals surface area (Å²) in [7, 11) is 0. The molecule has 0 saturated heterocycles. The van der Waals surface area contributed by atoms with Crippen LogP contribution >= 0.6 is 0 Å². The number of rotatable bonds is 4. The molecule has 0 fully saturated rings. The first kappa shape index (κ1) is 17.4. The van der Waals surface area contributed by atoms with Crippen molar-refractivity contribution < 1.29 is 18.0 Å². The molecule has 132 valence electrons. The summed E-state index contributed by atoms with van der Waals surface area (Å²) in [5.41, 5.74) is 0.946. The first-order chi connectivity index (χ1) is 12.4. The van der Waals surface area contributed by atoms with Crippen molar-refractivity contribution in [3.05, 3.63) is 77.5 Å². The highest BCUT2D eigenvalue weighted by atomic mass is 19.1. The maximum Gasteiger partial charge on any atom is 0.277 e. The Labute approximate surface area is 146 Å². The molecular weight excluding hydrogens is 345 g/mol. The van der Waals surface area contributed by atoms with Gasteiger partial charge in [-0.2, -0.15) is 0 Å². The normalized spacial score (nSPS) is 10.5. The number of carbonyl (C=O) groups is 1. The van der Waals surface area contributed by atoms with Gasteiger partial charge in [-0.3, -0.25) is 4.79 Å². The van der Waals surface area contributed by atoms with E-state index in [4.69, 9.17) is 0 Å². The van der Waals surface area contributed by atoms with E-state index in [1.54, 1.807) is 19.1 Å². The molecule has 2 heterocycles. The van der Waals surface area contributed by atoms with Gasteiger partial charge in [0.2, 0.25) is 0 Å². The van der Waals surface area contributed by atoms with Crippen LogP contribution in [0.2, 0.25) is 0 Å². The first-order valence-corrected chi connectivity index (χ1v) is 7.54. The van der Waals surface area contributed by atoms with Crippen LogP contribution in [0.5, 0.6) is 0 Å². The molecule has 0 bridgehead atoms. The van der Waals surface area contributed by atoms with E-state index in [9.17, 15) is 18.0 Å². The molecule has 5 nitrogen and oxygen atoms in total. The van der Waals surface area contributed by atoms with Crippen molar-refractivity contribution in [1.82, 2.24) is 9.97 Å². The molecule has 2 N–H and O–H groups in total. The monoisotopic (exact) mass is 358 g/mol. The second kappa shape index (κ2) is 7.22. The zero-order valence-corrected chi connectivity index (χ0v) is 13.6. The number of amides is 1. The molecule has 3 rings (SSSR count). The van der Waals surface area contributed by atoms with Crippen molar-refractivity contribution in [2.24, 2.45) is 0 Å². The molecule has 0 spiro atoms. The van der Waals surface area contributed by atoms with Gasteiger partial charge in [-0.25, -0.2) is 23.1 Å². The maximum absolute atomic E-state index is 13.4. The van der Waals surface area contributed by atoms with Crippen molar-refractivity contribution in [2.45, 2.75) is 6.92 Å². The molecule has 0 aliphatic rings. The van der Waals surface area contributed by atoms with Crippen molar-refractivity contribution in [3.8, 4) is 0 Å². The Hall–Kier alpha value is -3.42. The van der Waals surface area contributed by atoms with Gasteiger partial charge in [0, 0.05) is 17.4 Å². The van der Waals surface area contributed by atoms with Crippen LogP contribution < -0.4 is 10.6 Å². The van der Waals surface area contributed by atoms with Crippen LogP contribution in [0.15, 0.2) is 48.7 Å². The highest BCUT2D eigenvalue weighted by molar-refractivity contribution is 6.06. The van der Waals surface area contributed by atoms with E-state index in [0.717, 1.165) is 30.5 Å². The summed E-state index contributed by atoms with van der Waals surface area (Å²) in [4.78, 5) is 20.4. The summed E-state index contributed by atoms with van der Waals surface area (Å²) >= 11 is 0. The third-order valence-corrected chi connectivity index (χ3v) is 3.36. The van der Waals surface area contributed by atoms with Crippen LogP contribution in [0.4, 0.5) is 30.4 Å². The van der Waals surface area contributed by atoms with Gasteiger partial charge in [0.15, 0.2) is 5.69 Å². The summed E-state index contributed by atoms with van der Waals surface area (Å²) < 4.78 is 39.6. The van der Waals surface area contributed by atoms with Crippen molar-refractivity contribution >= 4 is 23.1 Å². The minimum absolute atomic E-state index is 0.000736. The predicted octanol–water partition coefficient (Wildman–Crippen LogP) is 4.20. The number of hydrogen-bond acceptors (Lipinski definition) is 4. The molecular formula is C18H13F3N4O. The molecule has 8 heteroatoms. The van der Waals surface area contributed by atoms with Crippen LogP contribution in [0.25, 0.3) is 0 Å². The third kappa shape index (κ3) is 4.15. The number of halogens is 3. The second-order valence-corrected chi connectivity index (χ2v) is 5.45. The lowest BCUT2D eigenvalue weighted by molar-refractivity contribution is 0.102. The quantitative estimate of drug-likeness (QED) is 0.734. The number of nitrogens with one attached hydrogen (secondary N) is 2. The number of carbonyl (C=O) groups excluding carboxylic acids is 1. The topological polar surface area (TPSA) is 66.9 Å². The Morgan fingerprint density at radius 1 is 0.962 bits per heavy atom. The maximum atomic E-state index is 13.4. The van der Waals surface area contributed by atoms with E-state index in [2.05, 4.69) is 20.6 Å². The minimum atomic E-state index is -0.755. The average molecular weight is 358 g/mol. The predicted molar refractivity (Wildman–Crippen MR) is 90.8 cm³/mol. The Morgan fingerprint density at radius 3 is 2.35 bits per heavy atom. The van der Waals surface area contributed by atoms with Gasteiger partial charge in [0.1, 0.15) is 23.3 Å². The summed E-state index contributed by atoms with van der Waals surface area (Å²) in [5, 5.41) is 5.27. The van der Waals surface area contributed by atoms with Crippen molar-refractivity contribution in [1.29, 1.82) is 0 Å². The number of aryl methyl sites for hydroxylation is 1. The molecule has 0 saturated carbocycles. The molecule has 1 amide bonds. The molecule has 3 aromatic rings. The Bertz CT molecular complexity index is 941. The Kier molecular flexibility index (Phi) is 4.83. The van der Waals surface area contributed by atoms with Gasteiger partial charge < -0.3 is 10.6 Å². The molecule has 0 aliphatic carbocycles. The number of anilines is 3. The standard InChI is InChI=1S/C18H13F3N4O/c1-10-2-4-15(24-14-7-12(20)6-13(21)8-14)17(23-10)18(26)25-16-5-3-11(19)9-22-16/h2-9,24H,1H3,(H,22,25,26). The molecule has 26 heavy (non-hydrogen) atoms. The van der Waals surface area contributed by atoms with Gasteiger partial charge in [-0.1, -0.05) is 0 Å². The highest BCUT2D eigenvalue weighted by Crippen LogP contribution is 2.22. The number of aromatic nitrogens is 2. The van der Waals surface area contributed by atoms with Crippen molar-refractivity contribution in [3.63, 3.8) is 0 Å². The molecule has 0 radical (unpaired) electrons. The first-order valence-electron chi connectivity index (χ1n) is 7.54. The van der Waals surface area contributed by atoms with E-state index in [1.165, 1.54) is 6.07 Å². The van der Waals surface area contributed by atoms with Gasteiger partial charge in [-0.05, 0) is 43.3 Å². The van der Waals surface area contributed by atoms with Crippen LogP contribution in [0.3, 0.4) is 0 Å². The van der Waals surface area contributed by atoms with Crippen LogP contribution in [-0.4, -0.2) is 15.9 Å². The number of benzene rings is 1. The minimum Gasteiger partial charge on any atom is -0.353 e. The third-order valence-electron chi connectivity index (χ3n) is 3.36. The number of hydrogen-bond donors (Lipinski definition) is 2. The van der Waals surface area contributed by atoms with Gasteiger partial charge >= 0.3 is 0 Å². The lowest BCUT2D eigenvalue weighted by Crippen LogP contribution is -2.17. The summed E-state index contributed by atoms with van der Waals surface area (Å²) in [6.45, 7) is 1.69. The van der Waals surface area contributed by atoms with Crippen LogP contribution in [-0.2, 0) is 0 Å². The zero-order valence-electron chi connectivity index (χ0n) is 13.6. The van der Waals surface area contributed by atoms with Crippen LogP contribution in [0.1, 0.15) is 16.2 Å². The lowest BCUT2D eigenvalue weighted by Gasteiger charge is -2.12.